The van der Waals surface area contributed by atoms with Crippen molar-refractivity contribution in [1.82, 2.24) is 0 Å². The number of rotatable bonds is 4. The molecule has 0 aliphatic heterocycles. The summed E-state index contributed by atoms with van der Waals surface area (Å²) in [6.45, 7) is 2.13. The Hall–Kier alpha value is -1.55. The van der Waals surface area contributed by atoms with E-state index < -0.39 is 4.92 Å². The molecule has 0 heterocycles. The van der Waals surface area contributed by atoms with Gasteiger partial charge in [0.25, 0.3) is 0 Å². The molecule has 0 aromatic heterocycles. The quantitative estimate of drug-likeness (QED) is 0.451. The van der Waals surface area contributed by atoms with Gasteiger partial charge in [0.1, 0.15) is 11.6 Å². The number of halogens is 1. The van der Waals surface area contributed by atoms with Gasteiger partial charge >= 0.3 is 5.69 Å². The summed E-state index contributed by atoms with van der Waals surface area (Å²) in [6, 6.07) is 4.59. The van der Waals surface area contributed by atoms with E-state index in [1.54, 1.807) is 18.2 Å². The highest BCUT2D eigenvalue weighted by Gasteiger charge is 2.18. The molecule has 0 aliphatic rings. The standard InChI is InChI=1S/C10H10ClNO3/c1-2-3-7-15-9-6-4-5-8(11)10(9)12(13)14/h2-6H,7H2,1H3/b3-2+. The monoisotopic (exact) mass is 227 g/mol. The molecule has 80 valence electrons. The van der Waals surface area contributed by atoms with Crippen LogP contribution in [0.2, 0.25) is 5.02 Å². The molecule has 1 aromatic carbocycles. The van der Waals surface area contributed by atoms with E-state index in [0.717, 1.165) is 0 Å². The van der Waals surface area contributed by atoms with Gasteiger partial charge in [-0.3, -0.25) is 10.1 Å². The number of ether oxygens (including phenoxy) is 1. The van der Waals surface area contributed by atoms with Crippen LogP contribution >= 0.6 is 11.6 Å². The van der Waals surface area contributed by atoms with Crippen LogP contribution < -0.4 is 4.74 Å². The first-order valence-corrected chi connectivity index (χ1v) is 4.71. The second-order valence-electron chi connectivity index (χ2n) is 2.72. The van der Waals surface area contributed by atoms with Crippen molar-refractivity contribution in [1.29, 1.82) is 0 Å². The predicted molar refractivity (Wildman–Crippen MR) is 58.4 cm³/mol. The number of hydrogen-bond donors (Lipinski definition) is 0. The zero-order chi connectivity index (χ0) is 11.3. The van der Waals surface area contributed by atoms with E-state index >= 15 is 0 Å². The van der Waals surface area contributed by atoms with Gasteiger partial charge in [-0.25, -0.2) is 0 Å². The minimum Gasteiger partial charge on any atom is -0.483 e. The molecule has 0 amide bonds. The van der Waals surface area contributed by atoms with Crippen LogP contribution in [0.1, 0.15) is 6.92 Å². The Morgan fingerprint density at radius 1 is 1.60 bits per heavy atom. The fourth-order valence-electron chi connectivity index (χ4n) is 1.02. The summed E-state index contributed by atoms with van der Waals surface area (Å²) in [4.78, 5) is 10.2. The van der Waals surface area contributed by atoms with Gasteiger partial charge in [-0.2, -0.15) is 0 Å². The second kappa shape index (κ2) is 5.36. The Kier molecular flexibility index (Phi) is 4.12. The average Bonchev–Trinajstić information content (AvgIpc) is 2.17. The molecule has 0 saturated carbocycles. The average molecular weight is 228 g/mol. The van der Waals surface area contributed by atoms with Crippen molar-refractivity contribution in [3.63, 3.8) is 0 Å². The molecule has 0 spiro atoms. The van der Waals surface area contributed by atoms with Crippen molar-refractivity contribution in [3.8, 4) is 5.75 Å². The molecule has 0 saturated heterocycles. The molecular formula is C10H10ClNO3. The van der Waals surface area contributed by atoms with Crippen molar-refractivity contribution in [2.24, 2.45) is 0 Å². The largest absolute Gasteiger partial charge is 0.483 e. The van der Waals surface area contributed by atoms with Gasteiger partial charge in [0.05, 0.1) is 4.92 Å². The van der Waals surface area contributed by atoms with Crippen molar-refractivity contribution in [3.05, 3.63) is 45.5 Å². The molecule has 1 aromatic rings. The number of nitro benzene ring substituents is 1. The molecule has 0 radical (unpaired) electrons. The van der Waals surface area contributed by atoms with Crippen molar-refractivity contribution in [2.45, 2.75) is 6.92 Å². The van der Waals surface area contributed by atoms with Crippen LogP contribution in [0.4, 0.5) is 5.69 Å². The lowest BCUT2D eigenvalue weighted by Gasteiger charge is -2.04. The van der Waals surface area contributed by atoms with Gasteiger partial charge in [0.15, 0.2) is 5.75 Å². The third-order valence-corrected chi connectivity index (χ3v) is 2.01. The Balaban J connectivity index is 2.95. The van der Waals surface area contributed by atoms with E-state index in [9.17, 15) is 10.1 Å². The van der Waals surface area contributed by atoms with Crippen molar-refractivity contribution in [2.75, 3.05) is 6.61 Å². The molecular weight excluding hydrogens is 218 g/mol. The maximum atomic E-state index is 10.7. The number of allylic oxidation sites excluding steroid dienone is 1. The van der Waals surface area contributed by atoms with Crippen LogP contribution in [0.25, 0.3) is 0 Å². The maximum Gasteiger partial charge on any atom is 0.329 e. The smallest absolute Gasteiger partial charge is 0.329 e. The summed E-state index contributed by atoms with van der Waals surface area (Å²) in [7, 11) is 0. The van der Waals surface area contributed by atoms with Gasteiger partial charge in [0, 0.05) is 0 Å². The first-order valence-electron chi connectivity index (χ1n) is 4.33. The normalized spacial score (nSPS) is 10.5. The lowest BCUT2D eigenvalue weighted by molar-refractivity contribution is -0.385. The summed E-state index contributed by atoms with van der Waals surface area (Å²) in [5.74, 6) is 0.186. The van der Waals surface area contributed by atoms with Crippen molar-refractivity contribution >= 4 is 17.3 Å². The minimum atomic E-state index is -0.548. The van der Waals surface area contributed by atoms with Gasteiger partial charge < -0.3 is 4.74 Å². The molecule has 0 bridgehead atoms. The number of nitro groups is 1. The van der Waals surface area contributed by atoms with E-state index in [1.165, 1.54) is 12.1 Å². The number of hydrogen-bond acceptors (Lipinski definition) is 3. The fourth-order valence-corrected chi connectivity index (χ4v) is 1.26. The van der Waals surface area contributed by atoms with Gasteiger partial charge in [0.2, 0.25) is 0 Å². The second-order valence-corrected chi connectivity index (χ2v) is 3.13. The highest BCUT2D eigenvalue weighted by molar-refractivity contribution is 6.32. The van der Waals surface area contributed by atoms with E-state index in [0.29, 0.717) is 0 Å². The van der Waals surface area contributed by atoms with Crippen molar-refractivity contribution < 1.29 is 9.66 Å². The molecule has 0 aliphatic carbocycles. The van der Waals surface area contributed by atoms with E-state index in [4.69, 9.17) is 16.3 Å². The Morgan fingerprint density at radius 3 is 2.93 bits per heavy atom. The first kappa shape index (κ1) is 11.5. The molecule has 5 heteroatoms. The molecule has 15 heavy (non-hydrogen) atoms. The summed E-state index contributed by atoms with van der Waals surface area (Å²) >= 11 is 5.70. The summed E-state index contributed by atoms with van der Waals surface area (Å²) in [5.41, 5.74) is -0.191. The lowest BCUT2D eigenvalue weighted by atomic mass is 10.3. The molecule has 1 rings (SSSR count). The highest BCUT2D eigenvalue weighted by Crippen LogP contribution is 2.33. The lowest BCUT2D eigenvalue weighted by Crippen LogP contribution is -1.98. The minimum absolute atomic E-state index is 0.0815. The first-order chi connectivity index (χ1) is 7.16. The zero-order valence-electron chi connectivity index (χ0n) is 8.14. The number of nitrogens with zero attached hydrogens (tertiary/aromatic N) is 1. The highest BCUT2D eigenvalue weighted by atomic mass is 35.5. The number of para-hydroxylation sites is 1. The molecule has 0 N–H and O–H groups in total. The Bertz CT molecular complexity index is 390. The zero-order valence-corrected chi connectivity index (χ0v) is 8.90. The fraction of sp³-hybridized carbons (Fsp3) is 0.200. The third kappa shape index (κ3) is 2.95. The third-order valence-electron chi connectivity index (χ3n) is 1.70. The SMILES string of the molecule is C/C=C/COc1cccc(Cl)c1[N+](=O)[O-]. The molecule has 4 nitrogen and oxygen atoms in total. The summed E-state index contributed by atoms with van der Waals surface area (Å²) in [6.07, 6.45) is 3.56. The molecule has 0 atom stereocenters. The Labute approximate surface area is 92.3 Å². The van der Waals surface area contributed by atoms with E-state index in [2.05, 4.69) is 0 Å². The van der Waals surface area contributed by atoms with Crippen LogP contribution in [0.5, 0.6) is 5.75 Å². The molecule has 0 fully saturated rings. The summed E-state index contributed by atoms with van der Waals surface area (Å²) < 4.78 is 5.21. The van der Waals surface area contributed by atoms with Crippen LogP contribution in [-0.2, 0) is 0 Å². The maximum absolute atomic E-state index is 10.7. The predicted octanol–water partition coefficient (Wildman–Crippen LogP) is 3.20. The summed E-state index contributed by atoms with van der Waals surface area (Å²) in [5, 5.41) is 10.8. The molecule has 0 unspecified atom stereocenters. The van der Waals surface area contributed by atoms with Crippen LogP contribution in [0, 0.1) is 10.1 Å². The van der Waals surface area contributed by atoms with Crippen LogP contribution in [-0.4, -0.2) is 11.5 Å². The Morgan fingerprint density at radius 2 is 2.33 bits per heavy atom. The van der Waals surface area contributed by atoms with E-state index in [-0.39, 0.29) is 23.1 Å². The van der Waals surface area contributed by atoms with Crippen LogP contribution in [0.15, 0.2) is 30.4 Å². The van der Waals surface area contributed by atoms with Gasteiger partial charge in [-0.05, 0) is 19.1 Å². The van der Waals surface area contributed by atoms with E-state index in [1.807, 2.05) is 6.92 Å². The topological polar surface area (TPSA) is 52.4 Å². The van der Waals surface area contributed by atoms with Gasteiger partial charge in [-0.15, -0.1) is 0 Å². The van der Waals surface area contributed by atoms with Crippen LogP contribution in [0.3, 0.4) is 0 Å². The van der Waals surface area contributed by atoms with Gasteiger partial charge in [-0.1, -0.05) is 29.8 Å². The number of benzene rings is 1.